The van der Waals surface area contributed by atoms with Crippen LogP contribution in [0.15, 0.2) is 24.3 Å². The molecule has 0 aliphatic rings. The third-order valence-corrected chi connectivity index (χ3v) is 2.26. The highest BCUT2D eigenvalue weighted by atomic mass is 16.5. The lowest BCUT2D eigenvalue weighted by atomic mass is 10.2. The van der Waals surface area contributed by atoms with E-state index in [2.05, 4.69) is 0 Å². The van der Waals surface area contributed by atoms with Crippen LogP contribution in [0.2, 0.25) is 0 Å². The predicted octanol–water partition coefficient (Wildman–Crippen LogP) is 1.48. The van der Waals surface area contributed by atoms with Crippen LogP contribution in [0.3, 0.4) is 0 Å². The summed E-state index contributed by atoms with van der Waals surface area (Å²) in [7, 11) is 1.60. The Morgan fingerprint density at radius 3 is 2.88 bits per heavy atom. The molecule has 0 aliphatic heterocycles. The summed E-state index contributed by atoms with van der Waals surface area (Å²) in [6.07, 6.45) is 0.580. The smallest absolute Gasteiger partial charge is 0.323 e. The Hall–Kier alpha value is -1.55. The van der Waals surface area contributed by atoms with Crippen LogP contribution in [0, 0.1) is 0 Å². The monoisotopic (exact) mass is 223 g/mol. The Morgan fingerprint density at radius 2 is 2.25 bits per heavy atom. The van der Waals surface area contributed by atoms with E-state index in [-0.39, 0.29) is 12.6 Å². The molecule has 4 heteroatoms. The van der Waals surface area contributed by atoms with E-state index in [1.165, 1.54) is 0 Å². The van der Waals surface area contributed by atoms with Gasteiger partial charge in [0.05, 0.1) is 7.11 Å². The minimum Gasteiger partial charge on any atom is -0.497 e. The van der Waals surface area contributed by atoms with E-state index in [9.17, 15) is 4.79 Å². The fourth-order valence-electron chi connectivity index (χ4n) is 1.19. The first kappa shape index (κ1) is 12.5. The molecule has 2 N–H and O–H groups in total. The van der Waals surface area contributed by atoms with E-state index in [1.807, 2.05) is 31.2 Å². The van der Waals surface area contributed by atoms with Crippen LogP contribution < -0.4 is 10.5 Å². The lowest BCUT2D eigenvalue weighted by Crippen LogP contribution is -2.31. The van der Waals surface area contributed by atoms with Crippen molar-refractivity contribution in [1.82, 2.24) is 0 Å². The van der Waals surface area contributed by atoms with Gasteiger partial charge in [0, 0.05) is 0 Å². The molecule has 0 bridgehead atoms. The zero-order valence-corrected chi connectivity index (χ0v) is 9.60. The Bertz CT molecular complexity index is 352. The fourth-order valence-corrected chi connectivity index (χ4v) is 1.19. The number of hydrogen-bond donors (Lipinski definition) is 1. The highest BCUT2D eigenvalue weighted by Crippen LogP contribution is 2.13. The van der Waals surface area contributed by atoms with Crippen molar-refractivity contribution in [2.75, 3.05) is 7.11 Å². The average molecular weight is 223 g/mol. The molecule has 0 amide bonds. The third kappa shape index (κ3) is 3.55. The van der Waals surface area contributed by atoms with Crippen molar-refractivity contribution in [3.63, 3.8) is 0 Å². The second kappa shape index (κ2) is 6.12. The maximum Gasteiger partial charge on any atom is 0.323 e. The molecule has 0 saturated carbocycles. The molecule has 1 unspecified atom stereocenters. The van der Waals surface area contributed by atoms with Crippen LogP contribution >= 0.6 is 0 Å². The minimum atomic E-state index is -0.536. The Morgan fingerprint density at radius 1 is 1.50 bits per heavy atom. The highest BCUT2D eigenvalue weighted by molar-refractivity contribution is 5.75. The van der Waals surface area contributed by atoms with E-state index in [4.69, 9.17) is 15.2 Å². The van der Waals surface area contributed by atoms with Crippen molar-refractivity contribution < 1.29 is 14.3 Å². The van der Waals surface area contributed by atoms with E-state index in [1.54, 1.807) is 7.11 Å². The van der Waals surface area contributed by atoms with E-state index in [0.29, 0.717) is 6.42 Å². The summed E-state index contributed by atoms with van der Waals surface area (Å²) in [6.45, 7) is 2.07. The number of benzene rings is 1. The number of rotatable bonds is 5. The first-order valence-electron chi connectivity index (χ1n) is 5.22. The first-order valence-corrected chi connectivity index (χ1v) is 5.22. The maximum absolute atomic E-state index is 11.3. The van der Waals surface area contributed by atoms with Crippen molar-refractivity contribution >= 4 is 5.97 Å². The molecule has 16 heavy (non-hydrogen) atoms. The van der Waals surface area contributed by atoms with Gasteiger partial charge in [0.25, 0.3) is 0 Å². The van der Waals surface area contributed by atoms with Crippen LogP contribution in [0.4, 0.5) is 0 Å². The predicted molar refractivity (Wildman–Crippen MR) is 61.1 cm³/mol. The molecule has 1 rings (SSSR count). The Kier molecular flexibility index (Phi) is 4.79. The number of ether oxygens (including phenoxy) is 2. The number of methoxy groups -OCH3 is 1. The van der Waals surface area contributed by atoms with Crippen LogP contribution in [0.5, 0.6) is 5.75 Å². The summed E-state index contributed by atoms with van der Waals surface area (Å²) in [5.74, 6) is 0.374. The lowest BCUT2D eigenvalue weighted by molar-refractivity contribution is -0.146. The Balaban J connectivity index is 2.51. The second-order valence-electron chi connectivity index (χ2n) is 3.47. The molecule has 88 valence electrons. The zero-order chi connectivity index (χ0) is 12.0. The third-order valence-electron chi connectivity index (χ3n) is 2.26. The number of carbonyl (C=O) groups excluding carboxylic acids is 1. The van der Waals surface area contributed by atoms with E-state index < -0.39 is 6.04 Å². The fraction of sp³-hybridized carbons (Fsp3) is 0.417. The SMILES string of the molecule is CCC(N)C(=O)OCc1cccc(OC)c1. The van der Waals surface area contributed by atoms with Crippen molar-refractivity contribution in [2.45, 2.75) is 26.0 Å². The molecule has 1 aromatic carbocycles. The summed E-state index contributed by atoms with van der Waals surface area (Å²) in [6, 6.07) is 6.84. The topological polar surface area (TPSA) is 61.6 Å². The molecule has 0 spiro atoms. The summed E-state index contributed by atoms with van der Waals surface area (Å²) in [4.78, 5) is 11.3. The van der Waals surface area contributed by atoms with Crippen LogP contribution in [-0.2, 0) is 16.1 Å². The van der Waals surface area contributed by atoms with Gasteiger partial charge in [-0.25, -0.2) is 0 Å². The zero-order valence-electron chi connectivity index (χ0n) is 9.60. The minimum absolute atomic E-state index is 0.226. The van der Waals surface area contributed by atoms with Crippen molar-refractivity contribution in [1.29, 1.82) is 0 Å². The van der Waals surface area contributed by atoms with Crippen molar-refractivity contribution in [3.8, 4) is 5.75 Å². The molecular weight excluding hydrogens is 206 g/mol. The normalized spacial score (nSPS) is 11.9. The van der Waals surface area contributed by atoms with E-state index >= 15 is 0 Å². The summed E-state index contributed by atoms with van der Waals surface area (Å²) < 4.78 is 10.1. The molecule has 1 atom stereocenters. The lowest BCUT2D eigenvalue weighted by Gasteiger charge is -2.09. The molecular formula is C12H17NO3. The average Bonchev–Trinajstić information content (AvgIpc) is 2.35. The highest BCUT2D eigenvalue weighted by Gasteiger charge is 2.12. The second-order valence-corrected chi connectivity index (χ2v) is 3.47. The molecule has 0 saturated heterocycles. The van der Waals surface area contributed by atoms with Gasteiger partial charge in [-0.1, -0.05) is 19.1 Å². The van der Waals surface area contributed by atoms with Gasteiger partial charge in [-0.15, -0.1) is 0 Å². The molecule has 4 nitrogen and oxygen atoms in total. The van der Waals surface area contributed by atoms with Gasteiger partial charge in [0.2, 0.25) is 0 Å². The van der Waals surface area contributed by atoms with Gasteiger partial charge in [-0.3, -0.25) is 4.79 Å². The van der Waals surface area contributed by atoms with Crippen LogP contribution in [-0.4, -0.2) is 19.1 Å². The number of hydrogen-bond acceptors (Lipinski definition) is 4. The number of nitrogens with two attached hydrogens (primary N) is 1. The number of esters is 1. The van der Waals surface area contributed by atoms with E-state index in [0.717, 1.165) is 11.3 Å². The standard InChI is InChI=1S/C12H17NO3/c1-3-11(13)12(14)16-8-9-5-4-6-10(7-9)15-2/h4-7,11H,3,8,13H2,1-2H3. The van der Waals surface area contributed by atoms with Gasteiger partial charge in [-0.05, 0) is 24.1 Å². The molecule has 0 heterocycles. The van der Waals surface area contributed by atoms with Crippen molar-refractivity contribution in [3.05, 3.63) is 29.8 Å². The van der Waals surface area contributed by atoms with Gasteiger partial charge in [-0.2, -0.15) is 0 Å². The maximum atomic E-state index is 11.3. The number of carbonyl (C=O) groups is 1. The summed E-state index contributed by atoms with van der Waals surface area (Å²) >= 11 is 0. The first-order chi connectivity index (χ1) is 7.67. The van der Waals surface area contributed by atoms with Gasteiger partial charge < -0.3 is 15.2 Å². The summed E-state index contributed by atoms with van der Waals surface area (Å²) in [5, 5.41) is 0. The van der Waals surface area contributed by atoms with Crippen LogP contribution in [0.25, 0.3) is 0 Å². The van der Waals surface area contributed by atoms with Gasteiger partial charge in [0.15, 0.2) is 0 Å². The molecule has 0 aliphatic carbocycles. The van der Waals surface area contributed by atoms with Gasteiger partial charge in [0.1, 0.15) is 18.4 Å². The Labute approximate surface area is 95.3 Å². The summed E-state index contributed by atoms with van der Waals surface area (Å²) in [5.41, 5.74) is 6.42. The largest absolute Gasteiger partial charge is 0.497 e. The van der Waals surface area contributed by atoms with Gasteiger partial charge >= 0.3 is 5.97 Å². The molecule has 0 aromatic heterocycles. The molecule has 0 radical (unpaired) electrons. The quantitative estimate of drug-likeness (QED) is 0.768. The molecule has 0 fully saturated rings. The van der Waals surface area contributed by atoms with Crippen LogP contribution in [0.1, 0.15) is 18.9 Å². The molecule has 1 aromatic rings. The van der Waals surface area contributed by atoms with Crippen molar-refractivity contribution in [2.24, 2.45) is 5.73 Å².